The molecule has 2 atom stereocenters. The smallest absolute Gasteiger partial charge is 0.336 e. The molecule has 1 rings (SSSR count). The van der Waals surface area contributed by atoms with E-state index in [1.54, 1.807) is 13.8 Å². The highest BCUT2D eigenvalue weighted by molar-refractivity contribution is 7.85. The highest BCUT2D eigenvalue weighted by atomic mass is 35.5. The predicted octanol–water partition coefficient (Wildman–Crippen LogP) is 4.41. The molecule has 0 saturated heterocycles. The van der Waals surface area contributed by atoms with Crippen molar-refractivity contribution in [2.45, 2.75) is 48.3 Å². The van der Waals surface area contributed by atoms with Crippen LogP contribution in [0.1, 0.15) is 48.7 Å². The molecule has 3 nitrogen and oxygen atoms in total. The zero-order valence-corrected chi connectivity index (χ0v) is 14.3. The Kier molecular flexibility index (Phi) is 6.20. The van der Waals surface area contributed by atoms with Crippen LogP contribution in [0.2, 0.25) is 0 Å². The summed E-state index contributed by atoms with van der Waals surface area (Å²) in [5, 5.41) is 8.96. The van der Waals surface area contributed by atoms with Gasteiger partial charge < -0.3 is 5.11 Å². The first kappa shape index (κ1) is 18.4. The molecule has 0 heterocycles. The molecule has 1 aromatic carbocycles. The molecular formula is C14H17Cl2FO3S. The predicted molar refractivity (Wildman–Crippen MR) is 83.4 cm³/mol. The van der Waals surface area contributed by atoms with Crippen molar-refractivity contribution in [1.29, 1.82) is 0 Å². The van der Waals surface area contributed by atoms with Crippen LogP contribution in [0.3, 0.4) is 0 Å². The number of carboxylic acid groups (broad SMARTS) is 1. The van der Waals surface area contributed by atoms with Crippen LogP contribution in [0, 0.1) is 0 Å². The topological polar surface area (TPSA) is 54.4 Å². The van der Waals surface area contributed by atoms with Crippen LogP contribution < -0.4 is 0 Å². The van der Waals surface area contributed by atoms with Crippen LogP contribution in [-0.4, -0.2) is 20.5 Å². The van der Waals surface area contributed by atoms with Gasteiger partial charge in [-0.2, -0.15) is 0 Å². The van der Waals surface area contributed by atoms with E-state index in [1.165, 1.54) is 12.1 Å². The molecule has 0 aliphatic rings. The number of aromatic carboxylic acids is 1. The van der Waals surface area contributed by atoms with Gasteiger partial charge in [0.2, 0.25) is 0 Å². The second kappa shape index (κ2) is 7.07. The molecule has 0 radical (unpaired) electrons. The molecule has 0 aliphatic carbocycles. The van der Waals surface area contributed by atoms with Crippen molar-refractivity contribution in [1.82, 2.24) is 0 Å². The SMILES string of the molecule is CCc1c(C(=O)O)ccc(C(F)(Cl)Cl)c1[S@](=O)[C@H](C)CC. The fraction of sp³-hybridized carbons (Fsp3) is 0.500. The average Bonchev–Trinajstić information content (AvgIpc) is 2.42. The maximum atomic E-state index is 14.0. The van der Waals surface area contributed by atoms with Gasteiger partial charge >= 0.3 is 5.97 Å². The van der Waals surface area contributed by atoms with Gasteiger partial charge in [0, 0.05) is 10.8 Å². The Morgan fingerprint density at radius 3 is 2.38 bits per heavy atom. The van der Waals surface area contributed by atoms with E-state index in [0.717, 1.165) is 0 Å². The first-order chi connectivity index (χ1) is 9.65. The van der Waals surface area contributed by atoms with Crippen LogP contribution in [0.25, 0.3) is 0 Å². The molecule has 7 heteroatoms. The summed E-state index contributed by atoms with van der Waals surface area (Å²) in [6.07, 6.45) is 0.882. The zero-order chi connectivity index (χ0) is 16.4. The molecule has 0 unspecified atom stereocenters. The van der Waals surface area contributed by atoms with Crippen LogP contribution in [0.15, 0.2) is 17.0 Å². The fourth-order valence-electron chi connectivity index (χ4n) is 1.98. The number of hydrogen-bond donors (Lipinski definition) is 1. The average molecular weight is 355 g/mol. The Bertz CT molecular complexity index is 570. The summed E-state index contributed by atoms with van der Waals surface area (Å²) < 4.78 is 23.9. The lowest BCUT2D eigenvalue weighted by Gasteiger charge is -2.21. The molecule has 0 amide bonds. The molecule has 0 bridgehead atoms. The van der Waals surface area contributed by atoms with Crippen molar-refractivity contribution < 1.29 is 18.5 Å². The van der Waals surface area contributed by atoms with Gasteiger partial charge in [0.05, 0.1) is 21.3 Å². The summed E-state index contributed by atoms with van der Waals surface area (Å²) in [5.74, 6) is -1.16. The van der Waals surface area contributed by atoms with Crippen molar-refractivity contribution in [3.05, 3.63) is 28.8 Å². The fourth-order valence-corrected chi connectivity index (χ4v) is 4.04. The van der Waals surface area contributed by atoms with Gasteiger partial charge in [0.25, 0.3) is 4.59 Å². The number of carbonyl (C=O) groups is 1. The van der Waals surface area contributed by atoms with Crippen molar-refractivity contribution in [3.8, 4) is 0 Å². The largest absolute Gasteiger partial charge is 0.478 e. The third-order valence-corrected chi connectivity index (χ3v) is 5.63. The minimum Gasteiger partial charge on any atom is -0.478 e. The number of alkyl halides is 3. The lowest BCUT2D eigenvalue weighted by Crippen LogP contribution is -2.19. The summed E-state index contributed by atoms with van der Waals surface area (Å²) >= 11 is 11.1. The molecule has 1 N–H and O–H groups in total. The van der Waals surface area contributed by atoms with E-state index in [1.807, 2.05) is 6.92 Å². The first-order valence-corrected chi connectivity index (χ1v) is 8.48. The summed E-state index contributed by atoms with van der Waals surface area (Å²) in [5.41, 5.74) is 0.152. The van der Waals surface area contributed by atoms with E-state index in [4.69, 9.17) is 23.2 Å². The van der Waals surface area contributed by atoms with E-state index in [9.17, 15) is 18.5 Å². The van der Waals surface area contributed by atoms with Crippen LogP contribution >= 0.6 is 23.2 Å². The van der Waals surface area contributed by atoms with Gasteiger partial charge in [0.1, 0.15) is 0 Å². The van der Waals surface area contributed by atoms with E-state index in [-0.39, 0.29) is 27.7 Å². The van der Waals surface area contributed by atoms with Crippen molar-refractivity contribution >= 4 is 40.0 Å². The minimum atomic E-state index is -2.72. The molecule has 0 saturated carbocycles. The van der Waals surface area contributed by atoms with Gasteiger partial charge in [0.15, 0.2) is 0 Å². The summed E-state index contributed by atoms with van der Waals surface area (Å²) in [6.45, 7) is 5.30. The molecule has 0 aliphatic heterocycles. The third kappa shape index (κ3) is 3.96. The molecule has 21 heavy (non-hydrogen) atoms. The second-order valence-corrected chi connectivity index (χ2v) is 7.68. The first-order valence-electron chi connectivity index (χ1n) is 6.52. The van der Waals surface area contributed by atoms with Gasteiger partial charge in [-0.15, -0.1) is 0 Å². The number of carboxylic acids is 1. The molecule has 0 fully saturated rings. The van der Waals surface area contributed by atoms with E-state index in [2.05, 4.69) is 0 Å². The van der Waals surface area contributed by atoms with Crippen molar-refractivity contribution in [2.75, 3.05) is 0 Å². The Morgan fingerprint density at radius 2 is 2.00 bits per heavy atom. The van der Waals surface area contributed by atoms with Gasteiger partial charge in [-0.05, 0) is 24.5 Å². The number of rotatable bonds is 6. The third-order valence-electron chi connectivity index (χ3n) is 3.29. The van der Waals surface area contributed by atoms with E-state index in [0.29, 0.717) is 12.0 Å². The summed E-state index contributed by atoms with van der Waals surface area (Å²) in [6, 6.07) is 2.44. The molecule has 118 valence electrons. The molecule has 1 aromatic rings. The molecular weight excluding hydrogens is 338 g/mol. The van der Waals surface area contributed by atoms with Crippen LogP contribution in [-0.2, 0) is 21.8 Å². The summed E-state index contributed by atoms with van der Waals surface area (Å²) in [4.78, 5) is 11.4. The maximum Gasteiger partial charge on any atom is 0.336 e. The number of benzene rings is 1. The van der Waals surface area contributed by atoms with Crippen LogP contribution in [0.4, 0.5) is 4.39 Å². The van der Waals surface area contributed by atoms with Crippen molar-refractivity contribution in [2.24, 2.45) is 0 Å². The quantitative estimate of drug-likeness (QED) is 0.769. The zero-order valence-electron chi connectivity index (χ0n) is 12.0. The van der Waals surface area contributed by atoms with Gasteiger partial charge in [-0.1, -0.05) is 50.0 Å². The monoisotopic (exact) mass is 354 g/mol. The van der Waals surface area contributed by atoms with E-state index >= 15 is 0 Å². The Labute approximate surface area is 135 Å². The Hall–Kier alpha value is -0.650. The normalized spacial score (nSPS) is 14.8. The lowest BCUT2D eigenvalue weighted by molar-refractivity contribution is 0.0695. The number of hydrogen-bond acceptors (Lipinski definition) is 2. The second-order valence-electron chi connectivity index (χ2n) is 4.64. The van der Waals surface area contributed by atoms with Gasteiger partial charge in [-0.3, -0.25) is 4.21 Å². The van der Waals surface area contributed by atoms with Gasteiger partial charge in [-0.25, -0.2) is 9.18 Å². The standard InChI is InChI=1S/C14H17Cl2FO3S/c1-4-8(3)21(20)12-9(5-2)10(13(18)19)6-7-11(12)14(15,16)17/h6-8H,4-5H2,1-3H3,(H,18,19)/t8-,21-/m1/s1. The minimum absolute atomic E-state index is 0.00881. The highest BCUT2D eigenvalue weighted by Gasteiger charge is 2.34. The van der Waals surface area contributed by atoms with E-state index < -0.39 is 21.4 Å². The maximum absolute atomic E-state index is 14.0. The highest BCUT2D eigenvalue weighted by Crippen LogP contribution is 2.41. The molecule has 0 spiro atoms. The number of halogens is 3. The summed E-state index contributed by atoms with van der Waals surface area (Å²) in [7, 11) is -1.60. The Morgan fingerprint density at radius 1 is 1.43 bits per heavy atom. The van der Waals surface area contributed by atoms with Crippen molar-refractivity contribution in [3.63, 3.8) is 0 Å². The lowest BCUT2D eigenvalue weighted by atomic mass is 10.0. The molecule has 0 aromatic heterocycles. The Balaban J connectivity index is 3.71. The van der Waals surface area contributed by atoms with Crippen LogP contribution in [0.5, 0.6) is 0 Å².